The van der Waals surface area contributed by atoms with Gasteiger partial charge < -0.3 is 15.1 Å². The van der Waals surface area contributed by atoms with Crippen LogP contribution < -0.4 is 5.32 Å². The van der Waals surface area contributed by atoms with Crippen molar-refractivity contribution in [3.8, 4) is 0 Å². The molecule has 5 heteroatoms. The molecule has 1 N–H and O–H groups in total. The minimum absolute atomic E-state index is 0.0782. The summed E-state index contributed by atoms with van der Waals surface area (Å²) in [6.45, 7) is 9.39. The number of rotatable bonds is 4. The van der Waals surface area contributed by atoms with Crippen molar-refractivity contribution in [2.24, 2.45) is 0 Å². The fourth-order valence-corrected chi connectivity index (χ4v) is 4.21. The lowest BCUT2D eigenvalue weighted by atomic mass is 9.93. The maximum Gasteiger partial charge on any atom is 0.222 e. The molecular weight excluding hydrogens is 294 g/mol. The van der Waals surface area contributed by atoms with Crippen molar-refractivity contribution < 1.29 is 4.79 Å². The van der Waals surface area contributed by atoms with Crippen LogP contribution >= 0.6 is 12.2 Å². The van der Waals surface area contributed by atoms with Crippen molar-refractivity contribution in [2.45, 2.75) is 77.3 Å². The van der Waals surface area contributed by atoms with Gasteiger partial charge in [0.05, 0.1) is 0 Å². The number of amides is 1. The quantitative estimate of drug-likeness (QED) is 0.806. The van der Waals surface area contributed by atoms with Crippen LogP contribution in [0.15, 0.2) is 0 Å². The summed E-state index contributed by atoms with van der Waals surface area (Å²) in [5, 5.41) is 4.25. The standard InChI is InChI=1S/C17H31N3OS/c1-14-13-17(2,3)18-16(22)20(14)12-8-9-15(21)19-10-6-4-5-7-11-19/h14H,4-13H2,1-3H3,(H,18,22). The van der Waals surface area contributed by atoms with E-state index in [0.717, 1.165) is 50.4 Å². The van der Waals surface area contributed by atoms with Gasteiger partial charge in [-0.2, -0.15) is 0 Å². The molecule has 0 aromatic rings. The molecule has 0 aromatic heterocycles. The smallest absolute Gasteiger partial charge is 0.222 e. The molecule has 1 unspecified atom stereocenters. The second kappa shape index (κ2) is 7.62. The van der Waals surface area contributed by atoms with E-state index in [4.69, 9.17) is 12.2 Å². The molecule has 2 heterocycles. The van der Waals surface area contributed by atoms with E-state index in [0.29, 0.717) is 18.4 Å². The summed E-state index contributed by atoms with van der Waals surface area (Å²) in [7, 11) is 0. The predicted molar refractivity (Wildman–Crippen MR) is 94.9 cm³/mol. The maximum atomic E-state index is 12.3. The number of nitrogens with one attached hydrogen (secondary N) is 1. The molecule has 1 amide bonds. The van der Waals surface area contributed by atoms with Crippen LogP contribution in [0.1, 0.15) is 65.7 Å². The molecule has 0 bridgehead atoms. The number of thiocarbonyl (C=S) groups is 1. The van der Waals surface area contributed by atoms with Gasteiger partial charge in [0.2, 0.25) is 5.91 Å². The van der Waals surface area contributed by atoms with Crippen LogP contribution in [0.2, 0.25) is 0 Å². The molecule has 2 aliphatic heterocycles. The third kappa shape index (κ3) is 4.83. The van der Waals surface area contributed by atoms with Crippen molar-refractivity contribution in [1.29, 1.82) is 0 Å². The lowest BCUT2D eigenvalue weighted by molar-refractivity contribution is -0.131. The van der Waals surface area contributed by atoms with Crippen molar-refractivity contribution >= 4 is 23.2 Å². The normalized spacial score (nSPS) is 25.6. The van der Waals surface area contributed by atoms with Crippen molar-refractivity contribution in [3.63, 3.8) is 0 Å². The predicted octanol–water partition coefficient (Wildman–Crippen LogP) is 2.92. The zero-order chi connectivity index (χ0) is 16.2. The summed E-state index contributed by atoms with van der Waals surface area (Å²) in [6.07, 6.45) is 7.48. The maximum absolute atomic E-state index is 12.3. The van der Waals surface area contributed by atoms with Crippen molar-refractivity contribution in [2.75, 3.05) is 19.6 Å². The molecule has 0 spiro atoms. The number of hydrogen-bond donors (Lipinski definition) is 1. The van der Waals surface area contributed by atoms with Crippen LogP contribution in [0.5, 0.6) is 0 Å². The molecule has 1 atom stereocenters. The van der Waals surface area contributed by atoms with E-state index in [1.54, 1.807) is 0 Å². The fourth-order valence-electron chi connectivity index (χ4n) is 3.66. The van der Waals surface area contributed by atoms with E-state index >= 15 is 0 Å². The molecule has 4 nitrogen and oxygen atoms in total. The van der Waals surface area contributed by atoms with E-state index in [2.05, 4.69) is 35.9 Å². The Morgan fingerprint density at radius 2 is 1.91 bits per heavy atom. The fraction of sp³-hybridized carbons (Fsp3) is 0.882. The van der Waals surface area contributed by atoms with E-state index in [-0.39, 0.29) is 5.54 Å². The van der Waals surface area contributed by atoms with Gasteiger partial charge in [-0.25, -0.2) is 0 Å². The summed E-state index contributed by atoms with van der Waals surface area (Å²) >= 11 is 5.49. The third-order valence-corrected chi connectivity index (χ3v) is 5.13. The summed E-state index contributed by atoms with van der Waals surface area (Å²) in [6, 6.07) is 0.442. The van der Waals surface area contributed by atoms with Gasteiger partial charge in [-0.3, -0.25) is 4.79 Å². The van der Waals surface area contributed by atoms with Gasteiger partial charge in [-0.05, 0) is 58.7 Å². The van der Waals surface area contributed by atoms with Crippen LogP contribution in [0.25, 0.3) is 0 Å². The molecule has 126 valence electrons. The lowest BCUT2D eigenvalue weighted by Crippen LogP contribution is -2.60. The highest BCUT2D eigenvalue weighted by molar-refractivity contribution is 7.80. The lowest BCUT2D eigenvalue weighted by Gasteiger charge is -2.44. The number of nitrogens with zero attached hydrogens (tertiary/aromatic N) is 2. The average molecular weight is 326 g/mol. The van der Waals surface area contributed by atoms with Gasteiger partial charge in [0.25, 0.3) is 0 Å². The molecule has 22 heavy (non-hydrogen) atoms. The van der Waals surface area contributed by atoms with Gasteiger partial charge in [0, 0.05) is 37.6 Å². The Labute approximate surface area is 140 Å². The van der Waals surface area contributed by atoms with Crippen LogP contribution in [0.4, 0.5) is 0 Å². The minimum Gasteiger partial charge on any atom is -0.358 e. The van der Waals surface area contributed by atoms with Gasteiger partial charge in [-0.15, -0.1) is 0 Å². The molecule has 2 rings (SSSR count). The van der Waals surface area contributed by atoms with E-state index in [1.165, 1.54) is 12.8 Å². The Hall–Kier alpha value is -0.840. The molecule has 2 saturated heterocycles. The van der Waals surface area contributed by atoms with Gasteiger partial charge in [-0.1, -0.05) is 12.8 Å². The first-order valence-electron chi connectivity index (χ1n) is 8.76. The highest BCUT2D eigenvalue weighted by Crippen LogP contribution is 2.22. The zero-order valence-corrected chi connectivity index (χ0v) is 15.2. The second-order valence-electron chi connectivity index (χ2n) is 7.46. The van der Waals surface area contributed by atoms with E-state index in [1.807, 2.05) is 0 Å². The van der Waals surface area contributed by atoms with Gasteiger partial charge >= 0.3 is 0 Å². The van der Waals surface area contributed by atoms with Gasteiger partial charge in [0.1, 0.15) is 0 Å². The van der Waals surface area contributed by atoms with Crippen LogP contribution in [-0.2, 0) is 4.79 Å². The highest BCUT2D eigenvalue weighted by atomic mass is 32.1. The minimum atomic E-state index is 0.0782. The second-order valence-corrected chi connectivity index (χ2v) is 7.85. The molecule has 0 radical (unpaired) electrons. The van der Waals surface area contributed by atoms with Crippen LogP contribution in [-0.4, -0.2) is 52.0 Å². The number of carbonyl (C=O) groups excluding carboxylic acids is 1. The third-order valence-electron chi connectivity index (χ3n) is 4.79. The van der Waals surface area contributed by atoms with Crippen LogP contribution in [0.3, 0.4) is 0 Å². The highest BCUT2D eigenvalue weighted by Gasteiger charge is 2.32. The largest absolute Gasteiger partial charge is 0.358 e. The zero-order valence-electron chi connectivity index (χ0n) is 14.4. The monoisotopic (exact) mass is 325 g/mol. The van der Waals surface area contributed by atoms with E-state index < -0.39 is 0 Å². The Balaban J connectivity index is 1.75. The first-order valence-corrected chi connectivity index (χ1v) is 9.16. The average Bonchev–Trinajstić information content (AvgIpc) is 2.69. The van der Waals surface area contributed by atoms with Crippen LogP contribution in [0, 0.1) is 0 Å². The summed E-state index contributed by atoms with van der Waals surface area (Å²) in [4.78, 5) is 16.6. The molecule has 0 aliphatic carbocycles. The number of carbonyl (C=O) groups is 1. The molecule has 0 saturated carbocycles. The SMILES string of the molecule is CC1CC(C)(C)NC(=S)N1CCCC(=O)N1CCCCCC1. The van der Waals surface area contributed by atoms with Crippen molar-refractivity contribution in [1.82, 2.24) is 15.1 Å². The topological polar surface area (TPSA) is 35.6 Å². The molecule has 2 fully saturated rings. The molecular formula is C17H31N3OS. The first-order chi connectivity index (χ1) is 10.4. The Morgan fingerprint density at radius 3 is 2.50 bits per heavy atom. The van der Waals surface area contributed by atoms with Crippen molar-refractivity contribution in [3.05, 3.63) is 0 Å². The molecule has 2 aliphatic rings. The number of likely N-dealkylation sites (tertiary alicyclic amines) is 1. The van der Waals surface area contributed by atoms with Gasteiger partial charge in [0.15, 0.2) is 5.11 Å². The summed E-state index contributed by atoms with van der Waals surface area (Å²) < 4.78 is 0. The first kappa shape index (κ1) is 17.5. The Kier molecular flexibility index (Phi) is 6.07. The Morgan fingerprint density at radius 1 is 1.27 bits per heavy atom. The summed E-state index contributed by atoms with van der Waals surface area (Å²) in [5.41, 5.74) is 0.0782. The number of hydrogen-bond acceptors (Lipinski definition) is 2. The summed E-state index contributed by atoms with van der Waals surface area (Å²) in [5.74, 6) is 0.325. The molecule has 0 aromatic carbocycles. The van der Waals surface area contributed by atoms with E-state index in [9.17, 15) is 4.79 Å². The Bertz CT molecular complexity index is 403.